The van der Waals surface area contributed by atoms with Crippen LogP contribution in [0.25, 0.3) is 21.3 Å². The highest BCUT2D eigenvalue weighted by Crippen LogP contribution is 2.35. The van der Waals surface area contributed by atoms with Crippen LogP contribution in [0.5, 0.6) is 5.75 Å². The van der Waals surface area contributed by atoms with E-state index in [1.165, 1.54) is 30.8 Å². The lowest BCUT2D eigenvalue weighted by molar-refractivity contribution is 0.0765. The van der Waals surface area contributed by atoms with E-state index in [0.717, 1.165) is 10.4 Å². The maximum absolute atomic E-state index is 13.3. The standard InChI is InChI=1S/C25H22ClN5O4S/c1-13-7-16(17-9-22(26)28-11-20(17)35-2)18(10-27-13)23(33)30-25-29-19-4-3-14(8-21(19)36-25)24(34)31-6-5-15(32)12-31/h3-4,7-11,15,32H,5-6,12H2,1-2H3,(H,29,30,33)/t15-/m1/s1. The van der Waals surface area contributed by atoms with Crippen LogP contribution in [0.4, 0.5) is 5.13 Å². The van der Waals surface area contributed by atoms with Crippen molar-refractivity contribution in [1.82, 2.24) is 19.9 Å². The average Bonchev–Trinajstić information content (AvgIpc) is 3.48. The van der Waals surface area contributed by atoms with Gasteiger partial charge >= 0.3 is 0 Å². The Morgan fingerprint density at radius 2 is 2.03 bits per heavy atom. The maximum atomic E-state index is 13.3. The van der Waals surface area contributed by atoms with Crippen LogP contribution in [0.2, 0.25) is 5.15 Å². The minimum Gasteiger partial charge on any atom is -0.494 e. The number of halogens is 1. The van der Waals surface area contributed by atoms with Crippen molar-refractivity contribution in [2.24, 2.45) is 0 Å². The van der Waals surface area contributed by atoms with Crippen molar-refractivity contribution in [2.45, 2.75) is 19.4 Å². The molecule has 1 aliphatic heterocycles. The molecule has 1 aliphatic rings. The van der Waals surface area contributed by atoms with Gasteiger partial charge in [0.2, 0.25) is 0 Å². The van der Waals surface area contributed by atoms with Gasteiger partial charge in [-0.05, 0) is 43.7 Å². The first-order valence-corrected chi connectivity index (χ1v) is 12.4. The number of nitrogens with zero attached hydrogens (tertiary/aromatic N) is 4. The van der Waals surface area contributed by atoms with Crippen LogP contribution in [0, 0.1) is 6.92 Å². The topological polar surface area (TPSA) is 118 Å². The molecule has 1 saturated heterocycles. The molecule has 1 fully saturated rings. The molecule has 4 aromatic rings. The number of benzene rings is 1. The average molecular weight is 524 g/mol. The molecule has 3 aromatic heterocycles. The lowest BCUT2D eigenvalue weighted by Gasteiger charge is -2.15. The number of aliphatic hydroxyl groups is 1. The number of carbonyl (C=O) groups excluding carboxylic acids is 2. The highest BCUT2D eigenvalue weighted by Gasteiger charge is 2.26. The summed E-state index contributed by atoms with van der Waals surface area (Å²) in [6.07, 6.45) is 3.11. The van der Waals surface area contributed by atoms with E-state index in [2.05, 4.69) is 20.3 Å². The molecule has 0 unspecified atom stereocenters. The molecular weight excluding hydrogens is 502 g/mol. The number of aliphatic hydroxyl groups excluding tert-OH is 1. The monoisotopic (exact) mass is 523 g/mol. The van der Waals surface area contributed by atoms with Gasteiger partial charge in [-0.1, -0.05) is 22.9 Å². The summed E-state index contributed by atoms with van der Waals surface area (Å²) in [6.45, 7) is 2.69. The van der Waals surface area contributed by atoms with E-state index < -0.39 is 12.0 Å². The first-order valence-electron chi connectivity index (χ1n) is 11.2. The molecule has 0 saturated carbocycles. The Bertz CT molecular complexity index is 1490. The Balaban J connectivity index is 1.43. The minimum atomic E-state index is -0.479. The Morgan fingerprint density at radius 3 is 2.78 bits per heavy atom. The van der Waals surface area contributed by atoms with Crippen LogP contribution < -0.4 is 10.1 Å². The lowest BCUT2D eigenvalue weighted by atomic mass is 10.0. The molecule has 5 rings (SSSR count). The minimum absolute atomic E-state index is 0.132. The smallest absolute Gasteiger partial charge is 0.259 e. The number of pyridine rings is 2. The molecule has 0 aliphatic carbocycles. The number of amides is 2. The van der Waals surface area contributed by atoms with Gasteiger partial charge in [-0.3, -0.25) is 19.9 Å². The van der Waals surface area contributed by atoms with Crippen molar-refractivity contribution >= 4 is 50.1 Å². The van der Waals surface area contributed by atoms with E-state index in [1.807, 2.05) is 6.92 Å². The number of aromatic nitrogens is 3. The Hall–Kier alpha value is -3.60. The van der Waals surface area contributed by atoms with Crippen molar-refractivity contribution in [3.05, 3.63) is 64.7 Å². The van der Waals surface area contributed by atoms with E-state index in [0.29, 0.717) is 58.2 Å². The molecule has 0 radical (unpaired) electrons. The van der Waals surface area contributed by atoms with E-state index in [-0.39, 0.29) is 11.1 Å². The van der Waals surface area contributed by atoms with Crippen LogP contribution in [-0.2, 0) is 0 Å². The summed E-state index contributed by atoms with van der Waals surface area (Å²) in [6, 6.07) is 8.65. The Morgan fingerprint density at radius 1 is 1.19 bits per heavy atom. The number of β-amino-alcohol motifs (C(OH)–C–C–N with tert-alkyl or cyclic N) is 1. The van der Waals surface area contributed by atoms with Gasteiger partial charge < -0.3 is 14.7 Å². The molecule has 36 heavy (non-hydrogen) atoms. The molecule has 1 atom stereocenters. The molecule has 0 bridgehead atoms. The zero-order valence-electron chi connectivity index (χ0n) is 19.5. The number of likely N-dealkylation sites (tertiary alicyclic amines) is 1. The fraction of sp³-hybridized carbons (Fsp3) is 0.240. The van der Waals surface area contributed by atoms with Crippen LogP contribution in [0.15, 0.2) is 42.7 Å². The summed E-state index contributed by atoms with van der Waals surface area (Å²) in [5, 5.41) is 13.2. The summed E-state index contributed by atoms with van der Waals surface area (Å²) >= 11 is 7.39. The molecule has 2 N–H and O–H groups in total. The van der Waals surface area contributed by atoms with Gasteiger partial charge in [0.05, 0.1) is 35.2 Å². The second-order valence-corrected chi connectivity index (χ2v) is 9.85. The normalized spacial score (nSPS) is 15.3. The van der Waals surface area contributed by atoms with E-state index in [9.17, 15) is 14.7 Å². The van der Waals surface area contributed by atoms with Crippen LogP contribution in [-0.4, -0.2) is 63.1 Å². The van der Waals surface area contributed by atoms with E-state index >= 15 is 0 Å². The van der Waals surface area contributed by atoms with E-state index in [4.69, 9.17) is 16.3 Å². The van der Waals surface area contributed by atoms with Crippen LogP contribution >= 0.6 is 22.9 Å². The summed E-state index contributed by atoms with van der Waals surface area (Å²) < 4.78 is 6.20. The summed E-state index contributed by atoms with van der Waals surface area (Å²) in [4.78, 5) is 40.6. The fourth-order valence-corrected chi connectivity index (χ4v) is 5.20. The van der Waals surface area contributed by atoms with Gasteiger partial charge in [0.25, 0.3) is 11.8 Å². The van der Waals surface area contributed by atoms with Gasteiger partial charge in [-0.15, -0.1) is 0 Å². The number of nitrogens with one attached hydrogen (secondary N) is 1. The van der Waals surface area contributed by atoms with E-state index in [1.54, 1.807) is 35.2 Å². The molecule has 11 heteroatoms. The highest BCUT2D eigenvalue weighted by atomic mass is 35.5. The molecule has 1 aromatic carbocycles. The number of fused-ring (bicyclic) bond motifs is 1. The third kappa shape index (κ3) is 4.75. The maximum Gasteiger partial charge on any atom is 0.259 e. The van der Waals surface area contributed by atoms with Crippen molar-refractivity contribution in [2.75, 3.05) is 25.5 Å². The molecular formula is C25H22ClN5O4S. The number of thiazole rings is 1. The summed E-state index contributed by atoms with van der Waals surface area (Å²) in [5.41, 5.74) is 3.45. The van der Waals surface area contributed by atoms with Crippen molar-refractivity contribution in [1.29, 1.82) is 0 Å². The molecule has 184 valence electrons. The number of hydrogen-bond donors (Lipinski definition) is 2. The zero-order chi connectivity index (χ0) is 25.4. The predicted molar refractivity (Wildman–Crippen MR) is 138 cm³/mol. The molecule has 4 heterocycles. The molecule has 0 spiro atoms. The fourth-order valence-electron chi connectivity index (χ4n) is 4.14. The Labute approximate surface area is 215 Å². The number of ether oxygens (including phenoxy) is 1. The zero-order valence-corrected chi connectivity index (χ0v) is 21.1. The highest BCUT2D eigenvalue weighted by molar-refractivity contribution is 7.22. The third-order valence-corrected chi connectivity index (χ3v) is 7.08. The van der Waals surface area contributed by atoms with Crippen molar-refractivity contribution in [3.8, 4) is 16.9 Å². The first-order chi connectivity index (χ1) is 17.3. The number of aryl methyl sites for hydroxylation is 1. The number of rotatable bonds is 5. The quantitative estimate of drug-likeness (QED) is 0.377. The number of carbonyl (C=O) groups is 2. The number of anilines is 1. The Kier molecular flexibility index (Phi) is 6.57. The second kappa shape index (κ2) is 9.81. The van der Waals surface area contributed by atoms with Crippen molar-refractivity contribution in [3.63, 3.8) is 0 Å². The predicted octanol–water partition coefficient (Wildman–Crippen LogP) is 4.18. The first kappa shape index (κ1) is 24.1. The second-order valence-electron chi connectivity index (χ2n) is 8.43. The van der Waals surface area contributed by atoms with Crippen LogP contribution in [0.1, 0.15) is 32.8 Å². The summed E-state index contributed by atoms with van der Waals surface area (Å²) in [7, 11) is 1.52. The van der Waals surface area contributed by atoms with Crippen molar-refractivity contribution < 1.29 is 19.4 Å². The van der Waals surface area contributed by atoms with Gasteiger partial charge in [-0.25, -0.2) is 9.97 Å². The lowest BCUT2D eigenvalue weighted by Crippen LogP contribution is -2.29. The van der Waals surface area contributed by atoms with Gasteiger partial charge in [0, 0.05) is 41.7 Å². The SMILES string of the molecule is COc1cnc(Cl)cc1-c1cc(C)ncc1C(=O)Nc1nc2ccc(C(=O)N3CC[C@@H](O)C3)cc2s1. The van der Waals surface area contributed by atoms with Crippen LogP contribution in [0.3, 0.4) is 0 Å². The number of methoxy groups -OCH3 is 1. The summed E-state index contributed by atoms with van der Waals surface area (Å²) in [5.74, 6) is -0.0524. The molecule has 2 amide bonds. The largest absolute Gasteiger partial charge is 0.494 e. The number of hydrogen-bond acceptors (Lipinski definition) is 8. The van der Waals surface area contributed by atoms with Gasteiger partial charge in [0.1, 0.15) is 10.9 Å². The third-order valence-electron chi connectivity index (χ3n) is 5.94. The molecule has 9 nitrogen and oxygen atoms in total. The van der Waals surface area contributed by atoms with Gasteiger partial charge in [-0.2, -0.15) is 0 Å². The van der Waals surface area contributed by atoms with Gasteiger partial charge in [0.15, 0.2) is 5.13 Å².